The molecule has 1 N–H and O–H groups in total. The normalized spacial score (nSPS) is 8.56. The number of hydrogen-bond acceptors (Lipinski definition) is 1. The summed E-state index contributed by atoms with van der Waals surface area (Å²) in [4.78, 5) is 13.6. The van der Waals surface area contributed by atoms with Crippen molar-refractivity contribution in [2.45, 2.75) is 27.7 Å². The number of halogens is 1. The average Bonchev–Trinajstić information content (AvgIpc) is 2.34. The number of nitrogens with one attached hydrogen (secondary N) is 1. The number of pyridine rings is 1. The number of aromatic nitrogens is 1. The van der Waals surface area contributed by atoms with Crippen LogP contribution in [0, 0.1) is 0 Å². The second-order valence-corrected chi connectivity index (χ2v) is 3.39. The quantitative estimate of drug-likeness (QED) is 0.766. The molecule has 3 heteroatoms. The molecule has 0 fully saturated rings. The summed E-state index contributed by atoms with van der Waals surface area (Å²) in [5.41, 5.74) is -0.0689. The Labute approximate surface area is 105 Å². The van der Waals surface area contributed by atoms with Crippen LogP contribution in [0.5, 0.6) is 0 Å². The van der Waals surface area contributed by atoms with Crippen molar-refractivity contribution in [2.24, 2.45) is 0 Å². The minimum atomic E-state index is -0.0689. The van der Waals surface area contributed by atoms with Crippen LogP contribution in [0.2, 0.25) is 0 Å². The maximum atomic E-state index is 10.9. The van der Waals surface area contributed by atoms with Gasteiger partial charge in [0.2, 0.25) is 5.56 Å². The van der Waals surface area contributed by atoms with Gasteiger partial charge in [-0.2, -0.15) is 0 Å². The second-order valence-electron chi connectivity index (χ2n) is 2.54. The fraction of sp³-hybridized carbons (Fsp3) is 0.308. The van der Waals surface area contributed by atoms with Crippen LogP contribution in [0.3, 0.4) is 0 Å². The topological polar surface area (TPSA) is 32.9 Å². The van der Waals surface area contributed by atoms with Crippen molar-refractivity contribution in [3.05, 3.63) is 45.3 Å². The lowest BCUT2D eigenvalue weighted by atomic mass is 10.2. The van der Waals surface area contributed by atoms with Gasteiger partial charge in [-0.05, 0) is 11.5 Å². The summed E-state index contributed by atoms with van der Waals surface area (Å²) in [5.74, 6) is 0. The SMILES string of the molecule is CC.CC.O=c1cc2cccc(Br)c2c[nH]1. The molecule has 1 heterocycles. The average molecular weight is 284 g/mol. The first-order valence-corrected chi connectivity index (χ1v) is 6.33. The van der Waals surface area contributed by atoms with Crippen LogP contribution in [-0.4, -0.2) is 4.98 Å². The van der Waals surface area contributed by atoms with Crippen LogP contribution in [0.4, 0.5) is 0 Å². The van der Waals surface area contributed by atoms with Crippen LogP contribution in [0.25, 0.3) is 10.8 Å². The van der Waals surface area contributed by atoms with E-state index in [0.717, 1.165) is 15.2 Å². The van der Waals surface area contributed by atoms with Crippen LogP contribution < -0.4 is 5.56 Å². The molecular weight excluding hydrogens is 266 g/mol. The van der Waals surface area contributed by atoms with E-state index in [1.54, 1.807) is 12.3 Å². The van der Waals surface area contributed by atoms with Gasteiger partial charge in [0.1, 0.15) is 0 Å². The number of benzene rings is 1. The third-order valence-corrected chi connectivity index (χ3v) is 2.42. The van der Waals surface area contributed by atoms with Gasteiger partial charge in [0, 0.05) is 22.1 Å². The Balaban J connectivity index is 0.000000509. The van der Waals surface area contributed by atoms with Gasteiger partial charge in [-0.15, -0.1) is 0 Å². The Kier molecular flexibility index (Phi) is 7.56. The third-order valence-electron chi connectivity index (χ3n) is 1.73. The first kappa shape index (κ1) is 14.9. The van der Waals surface area contributed by atoms with Gasteiger partial charge < -0.3 is 4.98 Å². The van der Waals surface area contributed by atoms with Crippen LogP contribution in [-0.2, 0) is 0 Å². The third kappa shape index (κ3) is 3.81. The zero-order chi connectivity index (χ0) is 12.6. The number of aromatic amines is 1. The fourth-order valence-corrected chi connectivity index (χ4v) is 1.65. The molecule has 2 rings (SSSR count). The molecule has 0 radical (unpaired) electrons. The summed E-state index contributed by atoms with van der Waals surface area (Å²) < 4.78 is 0.997. The van der Waals surface area contributed by atoms with Crippen LogP contribution >= 0.6 is 15.9 Å². The Hall–Kier alpha value is -1.09. The van der Waals surface area contributed by atoms with Crippen molar-refractivity contribution < 1.29 is 0 Å². The van der Waals surface area contributed by atoms with E-state index < -0.39 is 0 Å². The summed E-state index contributed by atoms with van der Waals surface area (Å²) in [6.07, 6.45) is 1.71. The lowest BCUT2D eigenvalue weighted by molar-refractivity contribution is 1.27. The first-order valence-electron chi connectivity index (χ1n) is 5.54. The maximum absolute atomic E-state index is 10.9. The van der Waals surface area contributed by atoms with Crippen molar-refractivity contribution >= 4 is 26.7 Å². The van der Waals surface area contributed by atoms with Gasteiger partial charge in [0.15, 0.2) is 0 Å². The number of rotatable bonds is 0. The lowest BCUT2D eigenvalue weighted by Crippen LogP contribution is -2.01. The van der Waals surface area contributed by atoms with E-state index in [0.29, 0.717) is 0 Å². The summed E-state index contributed by atoms with van der Waals surface area (Å²) in [6.45, 7) is 8.00. The van der Waals surface area contributed by atoms with Crippen LogP contribution in [0.15, 0.2) is 39.7 Å². The summed E-state index contributed by atoms with van der Waals surface area (Å²) >= 11 is 3.40. The molecule has 0 aliphatic carbocycles. The zero-order valence-corrected chi connectivity index (χ0v) is 11.8. The van der Waals surface area contributed by atoms with E-state index >= 15 is 0 Å². The molecule has 1 aromatic carbocycles. The summed E-state index contributed by atoms with van der Waals surface area (Å²) in [7, 11) is 0. The fourth-order valence-electron chi connectivity index (χ4n) is 1.16. The molecule has 88 valence electrons. The predicted octanol–water partition coefficient (Wildman–Crippen LogP) is 4.34. The Morgan fingerprint density at radius 3 is 2.38 bits per heavy atom. The van der Waals surface area contributed by atoms with Gasteiger partial charge in [-0.25, -0.2) is 0 Å². The molecule has 0 atom stereocenters. The molecule has 0 unspecified atom stereocenters. The van der Waals surface area contributed by atoms with Crippen molar-refractivity contribution in [2.75, 3.05) is 0 Å². The van der Waals surface area contributed by atoms with Gasteiger partial charge in [0.25, 0.3) is 0 Å². The highest BCUT2D eigenvalue weighted by Gasteiger charge is 1.96. The first-order chi connectivity index (χ1) is 7.77. The highest BCUT2D eigenvalue weighted by atomic mass is 79.9. The molecule has 2 aromatic rings. The molecule has 0 aliphatic rings. The summed E-state index contributed by atoms with van der Waals surface area (Å²) in [5, 5.41) is 1.98. The van der Waals surface area contributed by atoms with Gasteiger partial charge in [-0.1, -0.05) is 55.8 Å². The molecule has 0 amide bonds. The van der Waals surface area contributed by atoms with Gasteiger partial charge in [-0.3, -0.25) is 4.79 Å². The van der Waals surface area contributed by atoms with Gasteiger partial charge >= 0.3 is 0 Å². The molecule has 0 aliphatic heterocycles. The van der Waals surface area contributed by atoms with E-state index in [1.807, 2.05) is 45.9 Å². The molecule has 1 aromatic heterocycles. The maximum Gasteiger partial charge on any atom is 0.248 e. The minimum Gasteiger partial charge on any atom is -0.328 e. The molecule has 2 nitrogen and oxygen atoms in total. The predicted molar refractivity (Wildman–Crippen MR) is 75.0 cm³/mol. The molecule has 0 bridgehead atoms. The minimum absolute atomic E-state index is 0.0689. The summed E-state index contributed by atoms with van der Waals surface area (Å²) in [6, 6.07) is 7.35. The molecule has 16 heavy (non-hydrogen) atoms. The Morgan fingerprint density at radius 2 is 1.75 bits per heavy atom. The zero-order valence-electron chi connectivity index (χ0n) is 10.2. The highest BCUT2D eigenvalue weighted by Crippen LogP contribution is 2.20. The molecule has 0 saturated carbocycles. The van der Waals surface area contributed by atoms with Crippen molar-refractivity contribution in [3.8, 4) is 0 Å². The van der Waals surface area contributed by atoms with E-state index in [-0.39, 0.29) is 5.56 Å². The van der Waals surface area contributed by atoms with Crippen molar-refractivity contribution in [1.82, 2.24) is 4.98 Å². The van der Waals surface area contributed by atoms with Crippen molar-refractivity contribution in [1.29, 1.82) is 0 Å². The van der Waals surface area contributed by atoms with Crippen molar-refractivity contribution in [3.63, 3.8) is 0 Å². The number of hydrogen-bond donors (Lipinski definition) is 1. The standard InChI is InChI=1S/C9H6BrNO.2C2H6/c10-8-3-1-2-6-4-9(12)11-5-7(6)8;2*1-2/h1-5H,(H,11,12);2*1-2H3. The highest BCUT2D eigenvalue weighted by molar-refractivity contribution is 9.10. The van der Waals surface area contributed by atoms with E-state index in [1.165, 1.54) is 0 Å². The van der Waals surface area contributed by atoms with Crippen LogP contribution in [0.1, 0.15) is 27.7 Å². The monoisotopic (exact) mass is 283 g/mol. The smallest absolute Gasteiger partial charge is 0.248 e. The lowest BCUT2D eigenvalue weighted by Gasteiger charge is -1.97. The van der Waals surface area contributed by atoms with Gasteiger partial charge in [0.05, 0.1) is 0 Å². The number of fused-ring (bicyclic) bond motifs is 1. The van der Waals surface area contributed by atoms with E-state index in [4.69, 9.17) is 0 Å². The largest absolute Gasteiger partial charge is 0.328 e. The molecule has 0 spiro atoms. The molecular formula is C13H18BrNO. The van der Waals surface area contributed by atoms with E-state index in [2.05, 4.69) is 20.9 Å². The number of H-pyrrole nitrogens is 1. The van der Waals surface area contributed by atoms with E-state index in [9.17, 15) is 4.79 Å². The Bertz CT molecular complexity index is 477. The Morgan fingerprint density at radius 1 is 1.12 bits per heavy atom. The second kappa shape index (κ2) is 8.11. The molecule has 0 saturated heterocycles.